The minimum absolute atomic E-state index is 0.136. The van der Waals surface area contributed by atoms with Gasteiger partial charge in [0.15, 0.2) is 0 Å². The molecule has 0 saturated carbocycles. The van der Waals surface area contributed by atoms with Crippen LogP contribution in [0.2, 0.25) is 0 Å². The van der Waals surface area contributed by atoms with Crippen molar-refractivity contribution >= 4 is 6.03 Å². The molecule has 0 radical (unpaired) electrons. The van der Waals surface area contributed by atoms with Crippen molar-refractivity contribution in [3.8, 4) is 0 Å². The van der Waals surface area contributed by atoms with Gasteiger partial charge in [-0.1, -0.05) is 59.3 Å². The van der Waals surface area contributed by atoms with Crippen LogP contribution in [0.5, 0.6) is 0 Å². The van der Waals surface area contributed by atoms with E-state index < -0.39 is 0 Å². The van der Waals surface area contributed by atoms with Gasteiger partial charge in [0.2, 0.25) is 0 Å². The predicted molar refractivity (Wildman–Crippen MR) is 83.5 cm³/mol. The lowest BCUT2D eigenvalue weighted by molar-refractivity contribution is 0.196. The Morgan fingerprint density at radius 3 is 1.84 bits per heavy atom. The van der Waals surface area contributed by atoms with Crippen molar-refractivity contribution in [3.05, 3.63) is 0 Å². The highest BCUT2D eigenvalue weighted by molar-refractivity contribution is 5.74. The lowest BCUT2D eigenvalue weighted by Gasteiger charge is -2.22. The zero-order valence-corrected chi connectivity index (χ0v) is 13.3. The van der Waals surface area contributed by atoms with Gasteiger partial charge in [-0.3, -0.25) is 0 Å². The molecular formula is C16H34N2O. The van der Waals surface area contributed by atoms with E-state index in [1.807, 2.05) is 4.90 Å². The molecule has 1 N–H and O–H groups in total. The molecule has 0 aliphatic heterocycles. The molecule has 0 rings (SSSR count). The first-order valence-corrected chi connectivity index (χ1v) is 8.29. The van der Waals surface area contributed by atoms with Crippen LogP contribution in [0.1, 0.15) is 78.6 Å². The Bertz CT molecular complexity index is 199. The molecule has 0 unspecified atom stereocenters. The van der Waals surface area contributed by atoms with Gasteiger partial charge in [0, 0.05) is 19.6 Å². The first-order chi connectivity index (χ1) is 9.26. The molecule has 0 heterocycles. The number of hydrogen-bond donors (Lipinski definition) is 1. The van der Waals surface area contributed by atoms with E-state index in [2.05, 4.69) is 26.1 Å². The quantitative estimate of drug-likeness (QED) is 0.518. The number of urea groups is 1. The number of amides is 2. The summed E-state index contributed by atoms with van der Waals surface area (Å²) in [5, 5.41) is 3.06. The number of unbranched alkanes of at least 4 members (excludes halogenated alkanes) is 6. The van der Waals surface area contributed by atoms with Crippen LogP contribution in [0.25, 0.3) is 0 Å². The maximum absolute atomic E-state index is 12.1. The third-order valence-electron chi connectivity index (χ3n) is 3.41. The summed E-state index contributed by atoms with van der Waals surface area (Å²) in [7, 11) is 0. The van der Waals surface area contributed by atoms with E-state index in [9.17, 15) is 4.79 Å². The molecule has 0 aliphatic carbocycles. The van der Waals surface area contributed by atoms with Gasteiger partial charge in [-0.15, -0.1) is 0 Å². The normalized spacial score (nSPS) is 10.5. The maximum atomic E-state index is 12.1. The molecule has 0 spiro atoms. The lowest BCUT2D eigenvalue weighted by Crippen LogP contribution is -2.41. The largest absolute Gasteiger partial charge is 0.338 e. The molecule has 0 aromatic heterocycles. The molecular weight excluding hydrogens is 236 g/mol. The number of rotatable bonds is 12. The van der Waals surface area contributed by atoms with Gasteiger partial charge < -0.3 is 10.2 Å². The Morgan fingerprint density at radius 2 is 1.32 bits per heavy atom. The first kappa shape index (κ1) is 18.3. The van der Waals surface area contributed by atoms with Crippen molar-refractivity contribution in [2.75, 3.05) is 19.6 Å². The van der Waals surface area contributed by atoms with E-state index in [0.717, 1.165) is 51.7 Å². The van der Waals surface area contributed by atoms with Crippen molar-refractivity contribution in [1.29, 1.82) is 0 Å². The number of carbonyl (C=O) groups excluding carboxylic acids is 1. The number of hydrogen-bond acceptors (Lipinski definition) is 1. The second-order valence-corrected chi connectivity index (χ2v) is 5.34. The molecule has 0 saturated heterocycles. The van der Waals surface area contributed by atoms with Crippen molar-refractivity contribution in [2.24, 2.45) is 0 Å². The Balaban J connectivity index is 3.76. The lowest BCUT2D eigenvalue weighted by atomic mass is 10.1. The van der Waals surface area contributed by atoms with Crippen LogP contribution in [-0.4, -0.2) is 30.6 Å². The summed E-state index contributed by atoms with van der Waals surface area (Å²) in [6, 6.07) is 0.136. The SMILES string of the molecule is CCCCCCCNC(=O)N(CCCC)CCCC. The van der Waals surface area contributed by atoms with Gasteiger partial charge in [0.25, 0.3) is 0 Å². The highest BCUT2D eigenvalue weighted by atomic mass is 16.2. The Hall–Kier alpha value is -0.730. The summed E-state index contributed by atoms with van der Waals surface area (Å²) in [5.74, 6) is 0. The summed E-state index contributed by atoms with van der Waals surface area (Å²) in [6.45, 7) is 9.20. The fourth-order valence-corrected chi connectivity index (χ4v) is 2.05. The third kappa shape index (κ3) is 10.8. The van der Waals surface area contributed by atoms with E-state index >= 15 is 0 Å². The zero-order chi connectivity index (χ0) is 14.3. The van der Waals surface area contributed by atoms with E-state index in [4.69, 9.17) is 0 Å². The van der Waals surface area contributed by atoms with Crippen LogP contribution < -0.4 is 5.32 Å². The van der Waals surface area contributed by atoms with Crippen molar-refractivity contribution in [1.82, 2.24) is 10.2 Å². The van der Waals surface area contributed by atoms with Crippen LogP contribution in [0.4, 0.5) is 4.79 Å². The molecule has 0 atom stereocenters. The first-order valence-electron chi connectivity index (χ1n) is 8.29. The fraction of sp³-hybridized carbons (Fsp3) is 0.938. The molecule has 19 heavy (non-hydrogen) atoms. The van der Waals surface area contributed by atoms with E-state index in [1.54, 1.807) is 0 Å². The van der Waals surface area contributed by atoms with Gasteiger partial charge in [-0.2, -0.15) is 0 Å². The molecule has 2 amide bonds. The van der Waals surface area contributed by atoms with Crippen LogP contribution in [0, 0.1) is 0 Å². The topological polar surface area (TPSA) is 32.3 Å². The average Bonchev–Trinajstić information content (AvgIpc) is 2.42. The van der Waals surface area contributed by atoms with E-state index in [1.165, 1.54) is 25.7 Å². The summed E-state index contributed by atoms with van der Waals surface area (Å²) < 4.78 is 0. The molecule has 0 aromatic carbocycles. The van der Waals surface area contributed by atoms with Crippen LogP contribution in [0.15, 0.2) is 0 Å². The fourth-order valence-electron chi connectivity index (χ4n) is 2.05. The summed E-state index contributed by atoms with van der Waals surface area (Å²) in [5.41, 5.74) is 0. The van der Waals surface area contributed by atoms with Gasteiger partial charge >= 0.3 is 6.03 Å². The highest BCUT2D eigenvalue weighted by Crippen LogP contribution is 2.02. The van der Waals surface area contributed by atoms with Crippen LogP contribution >= 0.6 is 0 Å². The third-order valence-corrected chi connectivity index (χ3v) is 3.41. The zero-order valence-electron chi connectivity index (χ0n) is 13.3. The number of nitrogens with one attached hydrogen (secondary N) is 1. The summed E-state index contributed by atoms with van der Waals surface area (Å²) >= 11 is 0. The minimum Gasteiger partial charge on any atom is -0.338 e. The van der Waals surface area contributed by atoms with E-state index in [-0.39, 0.29) is 6.03 Å². The molecule has 3 nitrogen and oxygen atoms in total. The Kier molecular flexibility index (Phi) is 13.2. The minimum atomic E-state index is 0.136. The van der Waals surface area contributed by atoms with Gasteiger partial charge in [0.05, 0.1) is 0 Å². The average molecular weight is 270 g/mol. The Morgan fingerprint density at radius 1 is 0.789 bits per heavy atom. The van der Waals surface area contributed by atoms with Crippen molar-refractivity contribution < 1.29 is 4.79 Å². The second kappa shape index (κ2) is 13.7. The molecule has 114 valence electrons. The molecule has 3 heteroatoms. The highest BCUT2D eigenvalue weighted by Gasteiger charge is 2.11. The second-order valence-electron chi connectivity index (χ2n) is 5.34. The smallest absolute Gasteiger partial charge is 0.317 e. The molecule has 0 aliphatic rings. The van der Waals surface area contributed by atoms with Crippen LogP contribution in [-0.2, 0) is 0 Å². The summed E-state index contributed by atoms with van der Waals surface area (Å²) in [4.78, 5) is 14.0. The number of nitrogens with zero attached hydrogens (tertiary/aromatic N) is 1. The van der Waals surface area contributed by atoms with Crippen molar-refractivity contribution in [2.45, 2.75) is 78.6 Å². The van der Waals surface area contributed by atoms with Gasteiger partial charge in [0.1, 0.15) is 0 Å². The summed E-state index contributed by atoms with van der Waals surface area (Å²) in [6.07, 6.45) is 10.7. The van der Waals surface area contributed by atoms with Crippen molar-refractivity contribution in [3.63, 3.8) is 0 Å². The molecule has 0 aromatic rings. The Labute approximate surface area is 120 Å². The van der Waals surface area contributed by atoms with E-state index in [0.29, 0.717) is 0 Å². The number of carbonyl (C=O) groups is 1. The maximum Gasteiger partial charge on any atom is 0.317 e. The predicted octanol–water partition coefficient (Wildman–Crippen LogP) is 4.57. The molecule has 0 fully saturated rings. The monoisotopic (exact) mass is 270 g/mol. The van der Waals surface area contributed by atoms with Gasteiger partial charge in [-0.05, 0) is 19.3 Å². The van der Waals surface area contributed by atoms with Crippen LogP contribution in [0.3, 0.4) is 0 Å². The molecule has 0 bridgehead atoms. The van der Waals surface area contributed by atoms with Gasteiger partial charge in [-0.25, -0.2) is 4.79 Å². The standard InChI is InChI=1S/C16H34N2O/c1-4-7-10-11-12-13-17-16(19)18(14-8-5-2)15-9-6-3/h4-15H2,1-3H3,(H,17,19).